The Morgan fingerprint density at radius 2 is 1.50 bits per heavy atom. The number of hydrogen-bond acceptors (Lipinski definition) is 1. The topological polar surface area (TPSA) is 57.5 Å². The Labute approximate surface area is 48.1 Å². The summed E-state index contributed by atoms with van der Waals surface area (Å²) in [5, 5.41) is 0. The van der Waals surface area contributed by atoms with Crippen LogP contribution < -0.4 is 0 Å². The molecule has 0 aromatic heterocycles. The molecule has 0 aliphatic heterocycles. The molecule has 34 valence electrons. The predicted octanol–water partition coefficient (Wildman–Crippen LogP) is -0.855. The van der Waals surface area contributed by atoms with Crippen molar-refractivity contribution in [3.8, 4) is 0 Å². The van der Waals surface area contributed by atoms with Crippen molar-refractivity contribution < 1.29 is 14.4 Å². The molecule has 2 N–H and O–H groups in total. The first-order valence-electron chi connectivity index (χ1n) is 1.03. The third-order valence-corrected chi connectivity index (χ3v) is 0. The Morgan fingerprint density at radius 1 is 1.50 bits per heavy atom. The van der Waals surface area contributed by atoms with Crippen molar-refractivity contribution in [2.24, 2.45) is 0 Å². The fraction of sp³-hybridized carbons (Fsp3) is 1.00. The van der Waals surface area contributed by atoms with Crippen molar-refractivity contribution in [3.63, 3.8) is 0 Å². The van der Waals surface area contributed by atoms with Gasteiger partial charge in [0.1, 0.15) is 0 Å². The van der Waals surface area contributed by atoms with E-state index in [-0.39, 0.29) is 18.9 Å². The Kier molecular flexibility index (Phi) is 4.69. The molecule has 0 heterocycles. The van der Waals surface area contributed by atoms with Crippen molar-refractivity contribution in [2.45, 2.75) is 0 Å². The van der Waals surface area contributed by atoms with E-state index in [1.807, 2.05) is 0 Å². The van der Waals surface area contributed by atoms with Gasteiger partial charge >= 0.3 is 26.5 Å². The first-order chi connectivity index (χ1) is 2.00. The summed E-state index contributed by atoms with van der Waals surface area (Å²) >= 11 is 0. The van der Waals surface area contributed by atoms with Crippen molar-refractivity contribution in [1.82, 2.24) is 0 Å². The van der Waals surface area contributed by atoms with E-state index >= 15 is 0 Å². The zero-order chi connectivity index (χ0) is 4.50. The van der Waals surface area contributed by atoms with Gasteiger partial charge in [0.05, 0.1) is 0 Å². The van der Waals surface area contributed by atoms with Gasteiger partial charge in [-0.2, -0.15) is 0 Å². The van der Waals surface area contributed by atoms with Crippen LogP contribution in [0.1, 0.15) is 0 Å². The molecule has 0 rings (SSSR count). The summed E-state index contributed by atoms with van der Waals surface area (Å²) in [5.74, 6) is 0. The van der Waals surface area contributed by atoms with Crippen LogP contribution in [-0.2, 0) is 4.57 Å². The third-order valence-electron chi connectivity index (χ3n) is 0. The van der Waals surface area contributed by atoms with E-state index in [9.17, 15) is 4.57 Å². The summed E-state index contributed by atoms with van der Waals surface area (Å²) in [6.07, 6.45) is 0. The Bertz CT molecular complexity index is 56.9. The van der Waals surface area contributed by atoms with Gasteiger partial charge in [-0.05, 0) is 0 Å². The summed E-state index contributed by atoms with van der Waals surface area (Å²) in [7, 11) is -3.64. The van der Waals surface area contributed by atoms with E-state index in [0.29, 0.717) is 0 Å². The van der Waals surface area contributed by atoms with Crippen molar-refractivity contribution >= 4 is 26.5 Å². The summed E-state index contributed by atoms with van der Waals surface area (Å²) < 4.78 is 9.33. The Hall–Kier alpha value is 0.747. The molecule has 0 fully saturated rings. The van der Waals surface area contributed by atoms with Gasteiger partial charge in [0, 0.05) is 6.66 Å². The van der Waals surface area contributed by atoms with E-state index in [0.717, 1.165) is 6.66 Å². The molecule has 0 atom stereocenters. The second-order valence-corrected chi connectivity index (χ2v) is 2.51. The van der Waals surface area contributed by atoms with E-state index in [4.69, 9.17) is 9.79 Å². The zero-order valence-corrected chi connectivity index (χ0v) is 3.64. The van der Waals surface area contributed by atoms with Crippen LogP contribution in [0.2, 0.25) is 0 Å². The van der Waals surface area contributed by atoms with Crippen LogP contribution in [0.3, 0.4) is 0 Å². The predicted molar refractivity (Wildman–Crippen MR) is 25.1 cm³/mol. The Balaban J connectivity index is 0. The van der Waals surface area contributed by atoms with Gasteiger partial charge in [0.2, 0.25) is 0 Å². The van der Waals surface area contributed by atoms with Crippen LogP contribution in [0.5, 0.6) is 0 Å². The fourth-order valence-electron chi connectivity index (χ4n) is 0. The quantitative estimate of drug-likeness (QED) is 0.310. The molecule has 0 radical (unpaired) electrons. The molecule has 0 amide bonds. The van der Waals surface area contributed by atoms with Crippen molar-refractivity contribution in [2.75, 3.05) is 6.66 Å². The van der Waals surface area contributed by atoms with E-state index < -0.39 is 7.60 Å². The molecule has 6 heavy (non-hydrogen) atoms. The fourth-order valence-corrected chi connectivity index (χ4v) is 0. The molecule has 0 bridgehead atoms. The molecule has 0 aromatic rings. The molecule has 0 aliphatic rings. The van der Waals surface area contributed by atoms with Crippen molar-refractivity contribution in [1.29, 1.82) is 0 Å². The first kappa shape index (κ1) is 9.89. The molecular formula is CH6LiO3P. The number of hydrogen-bond donors (Lipinski definition) is 2. The Morgan fingerprint density at radius 3 is 1.50 bits per heavy atom. The second kappa shape index (κ2) is 2.85. The van der Waals surface area contributed by atoms with E-state index in [2.05, 4.69) is 0 Å². The molecule has 0 saturated carbocycles. The van der Waals surface area contributed by atoms with Gasteiger partial charge in [-0.3, -0.25) is 4.57 Å². The van der Waals surface area contributed by atoms with Crippen LogP contribution in [0.4, 0.5) is 0 Å². The second-order valence-electron chi connectivity index (χ2n) is 0.835. The SMILES string of the molecule is CP(=O)(O)O.[LiH]. The summed E-state index contributed by atoms with van der Waals surface area (Å²) in [5.41, 5.74) is 0. The summed E-state index contributed by atoms with van der Waals surface area (Å²) in [6.45, 7) is 0.854. The first-order valence-corrected chi connectivity index (χ1v) is 3.09. The summed E-state index contributed by atoms with van der Waals surface area (Å²) in [4.78, 5) is 15.3. The van der Waals surface area contributed by atoms with E-state index in [1.54, 1.807) is 0 Å². The van der Waals surface area contributed by atoms with Crippen molar-refractivity contribution in [3.05, 3.63) is 0 Å². The van der Waals surface area contributed by atoms with Gasteiger partial charge in [-0.1, -0.05) is 0 Å². The molecule has 0 saturated heterocycles. The maximum atomic E-state index is 9.33. The van der Waals surface area contributed by atoms with Gasteiger partial charge in [0.25, 0.3) is 0 Å². The van der Waals surface area contributed by atoms with Crippen LogP contribution in [-0.4, -0.2) is 35.3 Å². The molecule has 0 spiro atoms. The average molecular weight is 104 g/mol. The average Bonchev–Trinajstić information content (AvgIpc) is 0.722. The molecule has 3 nitrogen and oxygen atoms in total. The third kappa shape index (κ3) is 119. The monoisotopic (exact) mass is 104 g/mol. The normalized spacial score (nSPS) is 9.83. The van der Waals surface area contributed by atoms with Crippen LogP contribution in [0, 0.1) is 0 Å². The molecule has 0 unspecified atom stereocenters. The van der Waals surface area contributed by atoms with Gasteiger partial charge in [-0.15, -0.1) is 0 Å². The number of rotatable bonds is 0. The van der Waals surface area contributed by atoms with Gasteiger partial charge in [-0.25, -0.2) is 0 Å². The van der Waals surface area contributed by atoms with Crippen LogP contribution >= 0.6 is 7.60 Å². The summed E-state index contributed by atoms with van der Waals surface area (Å²) in [6, 6.07) is 0. The molecule has 0 aliphatic carbocycles. The minimum absolute atomic E-state index is 0. The van der Waals surface area contributed by atoms with E-state index in [1.165, 1.54) is 0 Å². The van der Waals surface area contributed by atoms with Crippen LogP contribution in [0.15, 0.2) is 0 Å². The van der Waals surface area contributed by atoms with Gasteiger partial charge in [0.15, 0.2) is 0 Å². The van der Waals surface area contributed by atoms with Crippen LogP contribution in [0.25, 0.3) is 0 Å². The maximum absolute atomic E-state index is 9.33. The minimum atomic E-state index is -3.64. The zero-order valence-electron chi connectivity index (χ0n) is 2.75. The molecule has 0 aromatic carbocycles. The van der Waals surface area contributed by atoms with Gasteiger partial charge < -0.3 is 9.79 Å². The molecule has 5 heteroatoms. The molecular weight excluding hydrogens is 97.9 g/mol. The standard InChI is InChI=1S/CH5O3P.Li.H/c1-5(2,3)4;;/h1H3,(H2,2,3,4);;.